The van der Waals surface area contributed by atoms with Crippen LogP contribution in [0.2, 0.25) is 0 Å². The lowest BCUT2D eigenvalue weighted by atomic mass is 10.3. The van der Waals surface area contributed by atoms with Crippen molar-refractivity contribution >= 4 is 15.9 Å². The molecule has 1 fully saturated rings. The monoisotopic (exact) mass is 223 g/mol. The highest BCUT2D eigenvalue weighted by atomic mass is 32.2. The van der Waals surface area contributed by atoms with Crippen molar-refractivity contribution in [1.29, 1.82) is 0 Å². The minimum Gasteiger partial charge on any atom is -0.378 e. The molecule has 1 heterocycles. The summed E-state index contributed by atoms with van der Waals surface area (Å²) < 4.78 is 28.6. The minimum absolute atomic E-state index is 0.0378. The van der Waals surface area contributed by atoms with Gasteiger partial charge in [-0.2, -0.15) is 4.31 Å². The molecule has 82 valence electrons. The van der Waals surface area contributed by atoms with Crippen LogP contribution in [0.3, 0.4) is 0 Å². The standard InChI is InChI=1S/C6H13N3O4S/c1-14(11,12)9-2-3-13-4-5(9)6(10)8-7/h5H,2-4,7H2,1H3,(H,8,10). The summed E-state index contributed by atoms with van der Waals surface area (Å²) in [6.07, 6.45) is 1.05. The summed E-state index contributed by atoms with van der Waals surface area (Å²) in [4.78, 5) is 11.2. The third-order valence-electron chi connectivity index (χ3n) is 1.95. The van der Waals surface area contributed by atoms with Crippen LogP contribution in [0.1, 0.15) is 0 Å². The number of rotatable bonds is 2. The van der Waals surface area contributed by atoms with Crippen LogP contribution >= 0.6 is 0 Å². The Labute approximate surface area is 82.2 Å². The third kappa shape index (κ3) is 2.41. The largest absolute Gasteiger partial charge is 0.378 e. The second-order valence-corrected chi connectivity index (χ2v) is 4.91. The second-order valence-electron chi connectivity index (χ2n) is 2.97. The summed E-state index contributed by atoms with van der Waals surface area (Å²) in [5.41, 5.74) is 1.91. The molecule has 0 aliphatic carbocycles. The SMILES string of the molecule is CS(=O)(=O)N1CCOCC1C(=O)NN. The first-order valence-electron chi connectivity index (χ1n) is 4.02. The highest BCUT2D eigenvalue weighted by molar-refractivity contribution is 7.88. The van der Waals surface area contributed by atoms with Crippen molar-refractivity contribution in [2.75, 3.05) is 26.0 Å². The van der Waals surface area contributed by atoms with Gasteiger partial charge in [-0.25, -0.2) is 14.3 Å². The topological polar surface area (TPSA) is 102 Å². The summed E-state index contributed by atoms with van der Waals surface area (Å²) in [6.45, 7) is 0.508. The van der Waals surface area contributed by atoms with Gasteiger partial charge in [0.25, 0.3) is 5.91 Å². The first kappa shape index (κ1) is 11.4. The lowest BCUT2D eigenvalue weighted by molar-refractivity contribution is -0.129. The van der Waals surface area contributed by atoms with Crippen LogP contribution in [0.4, 0.5) is 0 Å². The van der Waals surface area contributed by atoms with Crippen molar-refractivity contribution in [3.63, 3.8) is 0 Å². The van der Waals surface area contributed by atoms with Crippen LogP contribution in [0.25, 0.3) is 0 Å². The molecule has 3 N–H and O–H groups in total. The molecular formula is C6H13N3O4S. The maximum absolute atomic E-state index is 11.3. The average Bonchev–Trinajstić information content (AvgIpc) is 2.15. The number of nitrogens with one attached hydrogen (secondary N) is 1. The van der Waals surface area contributed by atoms with Crippen LogP contribution in [0, 0.1) is 0 Å². The van der Waals surface area contributed by atoms with E-state index in [0.29, 0.717) is 6.61 Å². The lowest BCUT2D eigenvalue weighted by Gasteiger charge is -2.31. The van der Waals surface area contributed by atoms with E-state index >= 15 is 0 Å². The molecule has 0 aromatic heterocycles. The van der Waals surface area contributed by atoms with Gasteiger partial charge in [-0.1, -0.05) is 0 Å². The maximum Gasteiger partial charge on any atom is 0.254 e. The summed E-state index contributed by atoms with van der Waals surface area (Å²) in [5.74, 6) is 4.37. The molecule has 0 saturated carbocycles. The molecule has 0 bridgehead atoms. The van der Waals surface area contributed by atoms with Gasteiger partial charge in [0.05, 0.1) is 19.5 Å². The predicted molar refractivity (Wildman–Crippen MR) is 48.5 cm³/mol. The molecule has 7 nitrogen and oxygen atoms in total. The van der Waals surface area contributed by atoms with Gasteiger partial charge in [-0.05, 0) is 0 Å². The Morgan fingerprint density at radius 1 is 1.64 bits per heavy atom. The van der Waals surface area contributed by atoms with Crippen LogP contribution < -0.4 is 11.3 Å². The number of nitrogens with two attached hydrogens (primary N) is 1. The molecule has 0 spiro atoms. The Hall–Kier alpha value is -0.700. The average molecular weight is 223 g/mol. The van der Waals surface area contributed by atoms with E-state index in [4.69, 9.17) is 10.6 Å². The number of hydrogen-bond acceptors (Lipinski definition) is 5. The number of nitrogens with zero attached hydrogens (tertiary/aromatic N) is 1. The highest BCUT2D eigenvalue weighted by Gasteiger charge is 2.34. The molecule has 0 radical (unpaired) electrons. The van der Waals surface area contributed by atoms with E-state index in [-0.39, 0.29) is 13.2 Å². The van der Waals surface area contributed by atoms with Gasteiger partial charge >= 0.3 is 0 Å². The van der Waals surface area contributed by atoms with Gasteiger partial charge in [0.1, 0.15) is 6.04 Å². The molecule has 1 atom stereocenters. The fourth-order valence-corrected chi connectivity index (χ4v) is 2.31. The predicted octanol–water partition coefficient (Wildman–Crippen LogP) is -2.36. The van der Waals surface area contributed by atoms with E-state index in [1.165, 1.54) is 0 Å². The Morgan fingerprint density at radius 3 is 2.79 bits per heavy atom. The molecule has 1 rings (SSSR count). The minimum atomic E-state index is -3.39. The van der Waals surface area contributed by atoms with Gasteiger partial charge in [0.2, 0.25) is 10.0 Å². The zero-order valence-electron chi connectivity index (χ0n) is 7.76. The van der Waals surface area contributed by atoms with Crippen molar-refractivity contribution in [3.8, 4) is 0 Å². The number of hydrogen-bond donors (Lipinski definition) is 2. The quantitative estimate of drug-likeness (QED) is 0.310. The summed E-state index contributed by atoms with van der Waals surface area (Å²) >= 11 is 0. The number of carbonyl (C=O) groups excluding carboxylic acids is 1. The number of hydrazine groups is 1. The molecular weight excluding hydrogens is 210 g/mol. The molecule has 0 aromatic carbocycles. The molecule has 1 aliphatic rings. The van der Waals surface area contributed by atoms with Crippen molar-refractivity contribution in [1.82, 2.24) is 9.73 Å². The molecule has 8 heteroatoms. The molecule has 1 unspecified atom stereocenters. The Balaban J connectivity index is 2.85. The van der Waals surface area contributed by atoms with Gasteiger partial charge in [-0.15, -0.1) is 0 Å². The summed E-state index contributed by atoms with van der Waals surface area (Å²) in [7, 11) is -3.39. The Kier molecular flexibility index (Phi) is 3.43. The van der Waals surface area contributed by atoms with E-state index in [1.807, 2.05) is 5.43 Å². The maximum atomic E-state index is 11.3. The lowest BCUT2D eigenvalue weighted by Crippen LogP contribution is -2.56. The van der Waals surface area contributed by atoms with Crippen LogP contribution in [0.15, 0.2) is 0 Å². The van der Waals surface area contributed by atoms with Gasteiger partial charge in [0, 0.05) is 6.54 Å². The fraction of sp³-hybridized carbons (Fsp3) is 0.833. The van der Waals surface area contributed by atoms with Crippen LogP contribution in [0.5, 0.6) is 0 Å². The first-order chi connectivity index (χ1) is 6.46. The Bertz CT molecular complexity index is 315. The molecule has 14 heavy (non-hydrogen) atoms. The van der Waals surface area contributed by atoms with Crippen molar-refractivity contribution in [3.05, 3.63) is 0 Å². The number of carbonyl (C=O) groups is 1. The van der Waals surface area contributed by atoms with Crippen LogP contribution in [-0.4, -0.2) is 50.7 Å². The van der Waals surface area contributed by atoms with Crippen LogP contribution in [-0.2, 0) is 19.6 Å². The van der Waals surface area contributed by atoms with Gasteiger partial charge < -0.3 is 4.74 Å². The number of ether oxygens (including phenoxy) is 1. The zero-order chi connectivity index (χ0) is 10.8. The molecule has 1 saturated heterocycles. The fourth-order valence-electron chi connectivity index (χ4n) is 1.29. The normalized spacial score (nSPS) is 24.6. The van der Waals surface area contributed by atoms with Gasteiger partial charge in [-0.3, -0.25) is 10.2 Å². The number of sulfonamides is 1. The van der Waals surface area contributed by atoms with Crippen molar-refractivity contribution in [2.45, 2.75) is 6.04 Å². The summed E-state index contributed by atoms with van der Waals surface area (Å²) in [6, 6.07) is -0.858. The molecule has 1 amide bonds. The van der Waals surface area contributed by atoms with E-state index in [1.54, 1.807) is 0 Å². The first-order valence-corrected chi connectivity index (χ1v) is 5.86. The van der Waals surface area contributed by atoms with E-state index in [0.717, 1.165) is 10.6 Å². The smallest absolute Gasteiger partial charge is 0.254 e. The van der Waals surface area contributed by atoms with Crippen molar-refractivity contribution in [2.24, 2.45) is 5.84 Å². The molecule has 1 aliphatic heterocycles. The zero-order valence-corrected chi connectivity index (χ0v) is 8.58. The Morgan fingerprint density at radius 2 is 2.29 bits per heavy atom. The van der Waals surface area contributed by atoms with Crippen molar-refractivity contribution < 1.29 is 17.9 Å². The molecule has 0 aromatic rings. The van der Waals surface area contributed by atoms with E-state index in [2.05, 4.69) is 0 Å². The highest BCUT2D eigenvalue weighted by Crippen LogP contribution is 2.10. The van der Waals surface area contributed by atoms with E-state index in [9.17, 15) is 13.2 Å². The van der Waals surface area contributed by atoms with Gasteiger partial charge in [0.15, 0.2) is 0 Å². The summed E-state index contributed by atoms with van der Waals surface area (Å²) in [5, 5.41) is 0. The third-order valence-corrected chi connectivity index (χ3v) is 3.24. The number of amides is 1. The number of morpholine rings is 1. The van der Waals surface area contributed by atoms with E-state index < -0.39 is 22.0 Å². The second kappa shape index (κ2) is 4.22.